The van der Waals surface area contributed by atoms with Crippen LogP contribution in [0, 0.1) is 0 Å². The van der Waals surface area contributed by atoms with E-state index in [2.05, 4.69) is 10.1 Å². The Morgan fingerprint density at radius 2 is 2.03 bits per heavy atom. The van der Waals surface area contributed by atoms with Crippen LogP contribution >= 0.6 is 0 Å². The third-order valence-corrected chi connectivity index (χ3v) is 6.81. The maximum absolute atomic E-state index is 12.3. The van der Waals surface area contributed by atoms with Gasteiger partial charge < -0.3 is 29.4 Å². The van der Waals surface area contributed by atoms with Crippen molar-refractivity contribution < 1.29 is 28.5 Å². The van der Waals surface area contributed by atoms with Gasteiger partial charge in [-0.2, -0.15) is 5.10 Å². The minimum atomic E-state index is -0.914. The molecule has 0 radical (unpaired) electrons. The zero-order valence-electron chi connectivity index (χ0n) is 17.0. The number of nitrogens with zero attached hydrogens (tertiary/aromatic N) is 3. The van der Waals surface area contributed by atoms with Crippen LogP contribution in [0.3, 0.4) is 0 Å². The molecule has 2 aliphatic heterocycles. The van der Waals surface area contributed by atoms with Gasteiger partial charge in [0.2, 0.25) is 0 Å². The number of hydrogen-bond donors (Lipinski definition) is 1. The fourth-order valence-electron chi connectivity index (χ4n) is 5.14. The molecule has 0 amide bonds. The van der Waals surface area contributed by atoms with E-state index in [0.29, 0.717) is 11.3 Å². The molecule has 1 spiro atoms. The molecule has 4 fully saturated rings. The second kappa shape index (κ2) is 5.63. The molecule has 2 aromatic rings. The normalized spacial score (nSPS) is 38.7. The van der Waals surface area contributed by atoms with Gasteiger partial charge in [-0.05, 0) is 52.2 Å². The summed E-state index contributed by atoms with van der Waals surface area (Å²) in [7, 11) is 0. The molecule has 5 atom stereocenters. The van der Waals surface area contributed by atoms with E-state index in [1.807, 2.05) is 32.9 Å². The van der Waals surface area contributed by atoms with Crippen LogP contribution in [0.15, 0.2) is 18.5 Å². The smallest absolute Gasteiger partial charge is 0.431 e. The van der Waals surface area contributed by atoms with E-state index < -0.39 is 41.5 Å². The highest BCUT2D eigenvalue weighted by Gasteiger charge is 2.92. The zero-order valence-corrected chi connectivity index (χ0v) is 17.0. The van der Waals surface area contributed by atoms with Crippen molar-refractivity contribution in [2.24, 2.45) is 0 Å². The van der Waals surface area contributed by atoms with E-state index in [1.54, 1.807) is 4.52 Å². The van der Waals surface area contributed by atoms with Crippen LogP contribution in [0.5, 0.6) is 0 Å². The number of ether oxygens (including phenoxy) is 5. The molecule has 30 heavy (non-hydrogen) atoms. The van der Waals surface area contributed by atoms with Gasteiger partial charge in [0.15, 0.2) is 23.3 Å². The van der Waals surface area contributed by atoms with E-state index in [-0.39, 0.29) is 6.10 Å². The third-order valence-electron chi connectivity index (χ3n) is 6.81. The Hall–Kier alpha value is -2.43. The van der Waals surface area contributed by atoms with Gasteiger partial charge in [-0.25, -0.2) is 14.3 Å². The fourth-order valence-corrected chi connectivity index (χ4v) is 5.14. The number of aromatic nitrogens is 3. The molecule has 6 rings (SSSR count). The van der Waals surface area contributed by atoms with Crippen molar-refractivity contribution in [2.75, 3.05) is 5.73 Å². The summed E-state index contributed by atoms with van der Waals surface area (Å²) in [6, 6.07) is 3.74. The lowest BCUT2D eigenvalue weighted by molar-refractivity contribution is -0.186. The van der Waals surface area contributed by atoms with Crippen molar-refractivity contribution in [3.63, 3.8) is 0 Å². The van der Waals surface area contributed by atoms with Gasteiger partial charge in [0.25, 0.3) is 0 Å². The summed E-state index contributed by atoms with van der Waals surface area (Å²) in [4.78, 5) is 16.3. The molecule has 4 heterocycles. The van der Waals surface area contributed by atoms with E-state index in [0.717, 1.165) is 25.0 Å². The van der Waals surface area contributed by atoms with Crippen LogP contribution in [0.4, 0.5) is 10.6 Å². The van der Waals surface area contributed by atoms with Crippen molar-refractivity contribution in [1.82, 2.24) is 14.6 Å². The molecule has 2 saturated heterocycles. The molecule has 0 bridgehead atoms. The minimum absolute atomic E-state index is 0.0553. The second-order valence-electron chi connectivity index (χ2n) is 9.10. The van der Waals surface area contributed by atoms with Crippen molar-refractivity contribution in [3.05, 3.63) is 24.2 Å². The number of nitrogens with two attached hydrogens (primary N) is 1. The number of carbonyl (C=O) groups is 1. The van der Waals surface area contributed by atoms with Gasteiger partial charge in [-0.3, -0.25) is 0 Å². The first-order valence-corrected chi connectivity index (χ1v) is 10.3. The molecule has 4 aliphatic rings. The Morgan fingerprint density at radius 3 is 2.77 bits per heavy atom. The highest BCUT2D eigenvalue weighted by molar-refractivity contribution is 5.66. The molecule has 0 aromatic carbocycles. The lowest BCUT2D eigenvalue weighted by atomic mass is 9.96. The lowest BCUT2D eigenvalue weighted by Crippen LogP contribution is -2.35. The second-order valence-corrected chi connectivity index (χ2v) is 9.10. The summed E-state index contributed by atoms with van der Waals surface area (Å²) in [6.45, 7) is 5.57. The molecular weight excluding hydrogens is 392 g/mol. The van der Waals surface area contributed by atoms with Crippen molar-refractivity contribution in [3.8, 4) is 0 Å². The van der Waals surface area contributed by atoms with Crippen LogP contribution in [0.2, 0.25) is 0 Å². The molecule has 2 saturated carbocycles. The maximum atomic E-state index is 12.3. The van der Waals surface area contributed by atoms with Gasteiger partial charge in [-0.1, -0.05) is 0 Å². The molecule has 2 aromatic heterocycles. The number of hydrogen-bond acceptors (Lipinski definition) is 9. The van der Waals surface area contributed by atoms with Gasteiger partial charge in [0.1, 0.15) is 35.8 Å². The Balaban J connectivity index is 1.32. The highest BCUT2D eigenvalue weighted by atomic mass is 16.8. The highest BCUT2D eigenvalue weighted by Crippen LogP contribution is 2.71. The van der Waals surface area contributed by atoms with E-state index in [1.165, 1.54) is 6.33 Å². The Labute approximate surface area is 172 Å². The Morgan fingerprint density at radius 1 is 1.23 bits per heavy atom. The first-order valence-electron chi connectivity index (χ1n) is 10.3. The van der Waals surface area contributed by atoms with Crippen LogP contribution in [-0.2, 0) is 23.7 Å². The summed E-state index contributed by atoms with van der Waals surface area (Å²) in [6.07, 6.45) is 1.90. The quantitative estimate of drug-likeness (QED) is 0.750. The van der Waals surface area contributed by atoms with E-state index in [9.17, 15) is 4.79 Å². The molecule has 160 valence electrons. The van der Waals surface area contributed by atoms with E-state index >= 15 is 0 Å². The largest absolute Gasteiger partial charge is 0.509 e. The molecule has 1 unspecified atom stereocenters. The van der Waals surface area contributed by atoms with Gasteiger partial charge in [-0.15, -0.1) is 0 Å². The van der Waals surface area contributed by atoms with Crippen LogP contribution < -0.4 is 5.73 Å². The Kier molecular flexibility index (Phi) is 3.44. The number of nitrogen functional groups attached to an aromatic ring is 1. The van der Waals surface area contributed by atoms with Crippen molar-refractivity contribution in [2.45, 2.75) is 81.4 Å². The summed E-state index contributed by atoms with van der Waals surface area (Å²) in [5.41, 5.74) is 5.65. The standard InChI is InChI=1S/C20H24N4O6/c1-18(2)29-14-13(11-7-8-12-15(21)22-9-23-24(11)12)28-19(3)16(20(14,19)30-18)27-17(25)26-10-5-4-6-10/h7-10,13-14,16H,4-6H2,1-3H3,(H2,21,22,23)/t13-,14-,16?,19+,20+/m0/s1. The summed E-state index contributed by atoms with van der Waals surface area (Å²) in [5, 5.41) is 4.32. The molecule has 10 heteroatoms. The van der Waals surface area contributed by atoms with Crippen LogP contribution in [0.25, 0.3) is 5.52 Å². The SMILES string of the molecule is CC1(C)O[C@H]2[C@H](c3ccc4c(N)ncnn34)O[C@]3(C)C(OC(=O)OC4CCC4)[C@]23O1. The topological polar surface area (TPSA) is 119 Å². The average Bonchev–Trinajstić information content (AvgIpc) is 3.05. The first kappa shape index (κ1) is 18.3. The van der Waals surface area contributed by atoms with Crippen LogP contribution in [0.1, 0.15) is 51.8 Å². The van der Waals surface area contributed by atoms with Gasteiger partial charge in [0.05, 0.1) is 5.69 Å². The number of rotatable bonds is 3. The minimum Gasteiger partial charge on any atom is -0.431 e. The number of fused-ring (bicyclic) bond motifs is 1. The summed E-state index contributed by atoms with van der Waals surface area (Å²) in [5.74, 6) is -0.477. The summed E-state index contributed by atoms with van der Waals surface area (Å²) >= 11 is 0. The monoisotopic (exact) mass is 416 g/mol. The van der Waals surface area contributed by atoms with E-state index in [4.69, 9.17) is 29.4 Å². The third kappa shape index (κ3) is 2.21. The zero-order chi connectivity index (χ0) is 20.9. The van der Waals surface area contributed by atoms with Crippen LogP contribution in [-0.4, -0.2) is 56.1 Å². The molecule has 10 nitrogen and oxygen atoms in total. The number of anilines is 1. The summed E-state index contributed by atoms with van der Waals surface area (Å²) < 4.78 is 31.7. The predicted molar refractivity (Wildman–Crippen MR) is 101 cm³/mol. The fraction of sp³-hybridized carbons (Fsp3) is 0.650. The first-order chi connectivity index (χ1) is 14.3. The maximum Gasteiger partial charge on any atom is 0.509 e. The predicted octanol–water partition coefficient (Wildman–Crippen LogP) is 2.12. The molecule has 2 N–H and O–H groups in total. The molecule has 2 aliphatic carbocycles. The van der Waals surface area contributed by atoms with Crippen molar-refractivity contribution >= 4 is 17.5 Å². The Bertz CT molecular complexity index is 1050. The molecular formula is C20H24N4O6. The van der Waals surface area contributed by atoms with Crippen molar-refractivity contribution in [1.29, 1.82) is 0 Å². The lowest BCUT2D eigenvalue weighted by Gasteiger charge is -2.26. The van der Waals surface area contributed by atoms with Gasteiger partial charge >= 0.3 is 6.16 Å². The number of carbonyl (C=O) groups excluding carboxylic acids is 1. The average molecular weight is 416 g/mol. The van der Waals surface area contributed by atoms with Gasteiger partial charge in [0, 0.05) is 0 Å².